The molecule has 3 N–H and O–H groups in total. The molecule has 0 atom stereocenters. The van der Waals surface area contributed by atoms with E-state index in [0.29, 0.717) is 38.9 Å². The summed E-state index contributed by atoms with van der Waals surface area (Å²) in [5.74, 6) is 0.194. The number of nitrogens with zero attached hydrogens (tertiary/aromatic N) is 1. The van der Waals surface area contributed by atoms with Crippen molar-refractivity contribution < 1.29 is 19.1 Å². The third-order valence-corrected chi connectivity index (χ3v) is 6.15. The number of thioether (sulfide) groups is 1. The first-order valence-electron chi connectivity index (χ1n) is 10.2. The monoisotopic (exact) mass is 493 g/mol. The van der Waals surface area contributed by atoms with Crippen molar-refractivity contribution in [3.05, 3.63) is 93.3 Å². The predicted molar refractivity (Wildman–Crippen MR) is 135 cm³/mol. The number of rotatable bonds is 7. The summed E-state index contributed by atoms with van der Waals surface area (Å²) in [5.41, 5.74) is 7.68. The minimum Gasteiger partial charge on any atom is -0.493 e. The van der Waals surface area contributed by atoms with Gasteiger partial charge in [-0.05, 0) is 53.7 Å². The van der Waals surface area contributed by atoms with Crippen LogP contribution in [0.4, 0.5) is 5.69 Å². The molecular formula is C25H20ClN3O4S. The van der Waals surface area contributed by atoms with Crippen molar-refractivity contribution in [3.8, 4) is 11.5 Å². The van der Waals surface area contributed by atoms with Crippen LogP contribution in [0.1, 0.15) is 21.5 Å². The van der Waals surface area contributed by atoms with Crippen LogP contribution in [0.3, 0.4) is 0 Å². The van der Waals surface area contributed by atoms with Crippen LogP contribution in [0.25, 0.3) is 6.08 Å². The largest absolute Gasteiger partial charge is 0.493 e. The molecule has 0 aromatic heterocycles. The number of benzene rings is 3. The summed E-state index contributed by atoms with van der Waals surface area (Å²) in [7, 11) is 1.55. The fourth-order valence-electron chi connectivity index (χ4n) is 3.18. The fraction of sp³-hybridized carbons (Fsp3) is 0.0800. The SMILES string of the molecule is COc1cc(/C=C2\SC(=Nc3ccccc3C(N)=O)NC2=O)ccc1OCc1ccccc1Cl. The highest BCUT2D eigenvalue weighted by molar-refractivity contribution is 8.18. The van der Waals surface area contributed by atoms with E-state index in [1.54, 1.807) is 55.7 Å². The number of methoxy groups -OCH3 is 1. The fourth-order valence-corrected chi connectivity index (χ4v) is 4.21. The van der Waals surface area contributed by atoms with Gasteiger partial charge in [0.15, 0.2) is 16.7 Å². The Kier molecular flexibility index (Phi) is 7.20. The van der Waals surface area contributed by atoms with Gasteiger partial charge in [0.05, 0.1) is 23.3 Å². The second-order valence-corrected chi connectivity index (χ2v) is 8.59. The molecule has 3 aromatic rings. The van der Waals surface area contributed by atoms with Crippen LogP contribution in [0, 0.1) is 0 Å². The Morgan fingerprint density at radius 1 is 1.12 bits per heavy atom. The Morgan fingerprint density at radius 2 is 1.88 bits per heavy atom. The van der Waals surface area contributed by atoms with E-state index in [9.17, 15) is 9.59 Å². The molecular weight excluding hydrogens is 474 g/mol. The lowest BCUT2D eigenvalue weighted by Crippen LogP contribution is -2.19. The first-order valence-corrected chi connectivity index (χ1v) is 11.4. The number of aliphatic imine (C=N–C) groups is 1. The molecule has 4 rings (SSSR count). The average Bonchev–Trinajstić information content (AvgIpc) is 3.17. The molecule has 7 nitrogen and oxygen atoms in total. The molecule has 0 spiro atoms. The Bertz CT molecular complexity index is 1320. The minimum atomic E-state index is -0.589. The number of nitrogens with one attached hydrogen (secondary N) is 1. The van der Waals surface area contributed by atoms with Gasteiger partial charge in [-0.25, -0.2) is 4.99 Å². The number of hydrogen-bond donors (Lipinski definition) is 2. The lowest BCUT2D eigenvalue weighted by molar-refractivity contribution is -0.115. The zero-order chi connectivity index (χ0) is 24.1. The van der Waals surface area contributed by atoms with E-state index in [1.165, 1.54) is 11.8 Å². The Labute approximate surface area is 205 Å². The lowest BCUT2D eigenvalue weighted by atomic mass is 10.2. The van der Waals surface area contributed by atoms with Crippen molar-refractivity contribution in [3.63, 3.8) is 0 Å². The van der Waals surface area contributed by atoms with Gasteiger partial charge < -0.3 is 20.5 Å². The van der Waals surface area contributed by atoms with Crippen LogP contribution >= 0.6 is 23.4 Å². The average molecular weight is 494 g/mol. The maximum Gasteiger partial charge on any atom is 0.264 e. The maximum atomic E-state index is 12.5. The van der Waals surface area contributed by atoms with Crippen LogP contribution in [0.2, 0.25) is 5.02 Å². The van der Waals surface area contributed by atoms with Crippen LogP contribution < -0.4 is 20.5 Å². The number of amides is 2. The van der Waals surface area contributed by atoms with E-state index in [0.717, 1.165) is 11.1 Å². The van der Waals surface area contributed by atoms with Gasteiger partial charge in [0.25, 0.3) is 11.8 Å². The normalized spacial score (nSPS) is 15.4. The molecule has 34 heavy (non-hydrogen) atoms. The van der Waals surface area contributed by atoms with Gasteiger partial charge in [-0.15, -0.1) is 0 Å². The van der Waals surface area contributed by atoms with Crippen LogP contribution in [0.15, 0.2) is 76.6 Å². The van der Waals surface area contributed by atoms with Crippen LogP contribution in [-0.4, -0.2) is 24.1 Å². The standard InChI is InChI=1S/C25H20ClN3O4S/c1-32-21-12-15(10-11-20(21)33-14-16-6-2-4-8-18(16)26)13-22-24(31)29-25(34-22)28-19-9-5-3-7-17(19)23(27)30/h2-13H,14H2,1H3,(H2,27,30)(H,28,29,31)/b22-13-. The first-order chi connectivity index (χ1) is 16.4. The van der Waals surface area contributed by atoms with E-state index >= 15 is 0 Å². The van der Waals surface area contributed by atoms with E-state index in [1.807, 2.05) is 24.3 Å². The van der Waals surface area contributed by atoms with Crippen molar-refractivity contribution in [2.75, 3.05) is 7.11 Å². The molecule has 9 heteroatoms. The number of amidine groups is 1. The molecule has 1 saturated heterocycles. The second-order valence-electron chi connectivity index (χ2n) is 7.15. The third-order valence-electron chi connectivity index (χ3n) is 4.87. The van der Waals surface area contributed by atoms with Gasteiger partial charge >= 0.3 is 0 Å². The quantitative estimate of drug-likeness (QED) is 0.455. The van der Waals surface area contributed by atoms with E-state index in [-0.39, 0.29) is 11.5 Å². The molecule has 0 bridgehead atoms. The number of hydrogen-bond acceptors (Lipinski definition) is 6. The molecule has 3 aromatic carbocycles. The molecule has 0 unspecified atom stereocenters. The molecule has 0 saturated carbocycles. The molecule has 0 radical (unpaired) electrons. The van der Waals surface area contributed by atoms with Crippen LogP contribution in [0.5, 0.6) is 11.5 Å². The molecule has 2 amide bonds. The number of para-hydroxylation sites is 1. The van der Waals surface area contributed by atoms with Gasteiger partial charge in [0.1, 0.15) is 6.61 Å². The number of halogens is 1. The second kappa shape index (κ2) is 10.5. The van der Waals surface area contributed by atoms with E-state index in [4.69, 9.17) is 26.8 Å². The molecule has 1 aliphatic rings. The Balaban J connectivity index is 1.52. The topological polar surface area (TPSA) is 103 Å². The summed E-state index contributed by atoms with van der Waals surface area (Å²) in [5, 5.41) is 3.69. The Morgan fingerprint density at radius 3 is 2.65 bits per heavy atom. The number of carbonyl (C=O) groups is 2. The number of ether oxygens (including phenoxy) is 2. The lowest BCUT2D eigenvalue weighted by Gasteiger charge is -2.12. The first kappa shape index (κ1) is 23.4. The summed E-state index contributed by atoms with van der Waals surface area (Å²) in [4.78, 5) is 28.9. The van der Waals surface area contributed by atoms with Crippen molar-refractivity contribution in [2.24, 2.45) is 10.7 Å². The summed E-state index contributed by atoms with van der Waals surface area (Å²) in [6, 6.07) is 19.5. The zero-order valence-corrected chi connectivity index (χ0v) is 19.7. The van der Waals surface area contributed by atoms with Crippen molar-refractivity contribution in [1.82, 2.24) is 5.32 Å². The molecule has 1 heterocycles. The summed E-state index contributed by atoms with van der Waals surface area (Å²) in [6.45, 7) is 0.293. The van der Waals surface area contributed by atoms with Crippen molar-refractivity contribution in [2.45, 2.75) is 6.61 Å². The van der Waals surface area contributed by atoms with Gasteiger partial charge in [-0.1, -0.05) is 48.0 Å². The highest BCUT2D eigenvalue weighted by Gasteiger charge is 2.24. The van der Waals surface area contributed by atoms with Gasteiger partial charge in [-0.2, -0.15) is 0 Å². The smallest absolute Gasteiger partial charge is 0.264 e. The molecule has 172 valence electrons. The summed E-state index contributed by atoms with van der Waals surface area (Å²) < 4.78 is 11.4. The highest BCUT2D eigenvalue weighted by atomic mass is 35.5. The number of nitrogens with two attached hydrogens (primary N) is 1. The summed E-state index contributed by atoms with van der Waals surface area (Å²) in [6.07, 6.45) is 1.73. The predicted octanol–water partition coefficient (Wildman–Crippen LogP) is 4.92. The number of carbonyl (C=O) groups excluding carboxylic acids is 2. The number of primary amides is 1. The molecule has 1 aliphatic heterocycles. The van der Waals surface area contributed by atoms with Gasteiger partial charge in [0.2, 0.25) is 0 Å². The molecule has 0 aliphatic carbocycles. The van der Waals surface area contributed by atoms with E-state index in [2.05, 4.69) is 10.3 Å². The third kappa shape index (κ3) is 5.41. The zero-order valence-electron chi connectivity index (χ0n) is 18.1. The van der Waals surface area contributed by atoms with Crippen molar-refractivity contribution >= 4 is 52.1 Å². The minimum absolute atomic E-state index is 0.277. The highest BCUT2D eigenvalue weighted by Crippen LogP contribution is 2.33. The summed E-state index contributed by atoms with van der Waals surface area (Å²) >= 11 is 7.36. The maximum absolute atomic E-state index is 12.5. The molecule has 1 fully saturated rings. The van der Waals surface area contributed by atoms with Crippen LogP contribution in [-0.2, 0) is 11.4 Å². The Hall–Kier alpha value is -3.75. The van der Waals surface area contributed by atoms with Gasteiger partial charge in [-0.3, -0.25) is 9.59 Å². The van der Waals surface area contributed by atoms with Gasteiger partial charge in [0, 0.05) is 10.6 Å². The van der Waals surface area contributed by atoms with Crippen molar-refractivity contribution in [1.29, 1.82) is 0 Å². The van der Waals surface area contributed by atoms with E-state index < -0.39 is 5.91 Å².